The number of hydrogen-bond donors (Lipinski definition) is 2. The predicted molar refractivity (Wildman–Crippen MR) is 65.2 cm³/mol. The minimum absolute atomic E-state index is 0.0135. The molecular weight excluding hydrogens is 200 g/mol. The monoisotopic (exact) mass is 218 g/mol. The molecule has 1 fully saturated rings. The Morgan fingerprint density at radius 3 is 2.69 bits per heavy atom. The number of carbonyl (C=O) groups is 1. The molecule has 3 N–H and O–H groups in total. The Morgan fingerprint density at radius 2 is 2.12 bits per heavy atom. The second-order valence-electron chi connectivity index (χ2n) is 5.29. The molecule has 1 unspecified atom stereocenters. The number of benzene rings is 1. The van der Waals surface area contributed by atoms with E-state index >= 15 is 0 Å². The van der Waals surface area contributed by atoms with Gasteiger partial charge in [-0.1, -0.05) is 19.9 Å². The van der Waals surface area contributed by atoms with Crippen LogP contribution in [0, 0.1) is 12.3 Å². The topological polar surface area (TPSA) is 55.1 Å². The fourth-order valence-corrected chi connectivity index (χ4v) is 1.83. The summed E-state index contributed by atoms with van der Waals surface area (Å²) in [6.07, 6.45) is 1.06. The Morgan fingerprint density at radius 1 is 1.50 bits per heavy atom. The van der Waals surface area contributed by atoms with Crippen molar-refractivity contribution in [2.24, 2.45) is 5.41 Å². The third kappa shape index (κ3) is 2.03. The number of hydrogen-bond acceptors (Lipinski definition) is 2. The van der Waals surface area contributed by atoms with Gasteiger partial charge in [0.05, 0.1) is 0 Å². The quantitative estimate of drug-likeness (QED) is 0.747. The van der Waals surface area contributed by atoms with Gasteiger partial charge in [-0.2, -0.15) is 0 Å². The number of nitrogen functional groups attached to an aromatic ring is 1. The van der Waals surface area contributed by atoms with Gasteiger partial charge in [-0.15, -0.1) is 0 Å². The zero-order valence-electron chi connectivity index (χ0n) is 10.0. The Hall–Kier alpha value is -1.51. The fraction of sp³-hybridized carbons (Fsp3) is 0.462. The molecule has 0 saturated heterocycles. The van der Waals surface area contributed by atoms with E-state index in [9.17, 15) is 4.79 Å². The van der Waals surface area contributed by atoms with Crippen LogP contribution >= 0.6 is 0 Å². The summed E-state index contributed by atoms with van der Waals surface area (Å²) in [7, 11) is 0. The zero-order valence-corrected chi connectivity index (χ0v) is 10.0. The number of carbonyl (C=O) groups excluding carboxylic acids is 1. The molecule has 0 spiro atoms. The van der Waals surface area contributed by atoms with Gasteiger partial charge in [-0.25, -0.2) is 0 Å². The Kier molecular flexibility index (Phi) is 2.41. The van der Waals surface area contributed by atoms with Crippen molar-refractivity contribution >= 4 is 11.6 Å². The lowest BCUT2D eigenvalue weighted by Crippen LogP contribution is -2.29. The Labute approximate surface area is 96.0 Å². The molecule has 0 bridgehead atoms. The molecular formula is C13H18N2O. The lowest BCUT2D eigenvalue weighted by Gasteiger charge is -2.09. The van der Waals surface area contributed by atoms with Crippen LogP contribution in [0.2, 0.25) is 0 Å². The first-order valence-electron chi connectivity index (χ1n) is 5.57. The first-order chi connectivity index (χ1) is 7.40. The van der Waals surface area contributed by atoms with Crippen molar-refractivity contribution in [1.29, 1.82) is 0 Å². The minimum atomic E-state index is -0.0135. The van der Waals surface area contributed by atoms with Gasteiger partial charge in [0.1, 0.15) is 0 Å². The van der Waals surface area contributed by atoms with Crippen molar-refractivity contribution in [3.63, 3.8) is 0 Å². The van der Waals surface area contributed by atoms with Gasteiger partial charge in [0.15, 0.2) is 0 Å². The van der Waals surface area contributed by atoms with E-state index in [4.69, 9.17) is 5.73 Å². The number of anilines is 1. The molecule has 1 aromatic carbocycles. The molecule has 0 aromatic heterocycles. The molecule has 0 aliphatic heterocycles. The lowest BCUT2D eigenvalue weighted by atomic mass is 10.1. The molecule has 1 amide bonds. The van der Waals surface area contributed by atoms with E-state index in [0.717, 1.165) is 12.0 Å². The molecule has 1 atom stereocenters. The second-order valence-corrected chi connectivity index (χ2v) is 5.29. The fourth-order valence-electron chi connectivity index (χ4n) is 1.83. The van der Waals surface area contributed by atoms with Crippen LogP contribution < -0.4 is 11.1 Å². The first-order valence-corrected chi connectivity index (χ1v) is 5.57. The maximum Gasteiger partial charge on any atom is 0.251 e. The SMILES string of the molecule is Cc1ccc(N)cc1C(=O)NC1CC1(C)C. The van der Waals surface area contributed by atoms with E-state index in [1.807, 2.05) is 19.1 Å². The van der Waals surface area contributed by atoms with Crippen LogP contribution in [-0.4, -0.2) is 11.9 Å². The number of aryl methyl sites for hydroxylation is 1. The largest absolute Gasteiger partial charge is 0.399 e. The molecule has 1 aliphatic rings. The van der Waals surface area contributed by atoms with Crippen molar-refractivity contribution in [3.8, 4) is 0 Å². The summed E-state index contributed by atoms with van der Waals surface area (Å²) in [6.45, 7) is 6.24. The summed E-state index contributed by atoms with van der Waals surface area (Å²) < 4.78 is 0. The molecule has 0 heterocycles. The van der Waals surface area contributed by atoms with E-state index in [1.165, 1.54) is 0 Å². The highest BCUT2D eigenvalue weighted by Crippen LogP contribution is 2.44. The smallest absolute Gasteiger partial charge is 0.251 e. The van der Waals surface area contributed by atoms with E-state index in [0.29, 0.717) is 17.3 Å². The number of nitrogens with one attached hydrogen (secondary N) is 1. The van der Waals surface area contributed by atoms with Crippen LogP contribution in [0.3, 0.4) is 0 Å². The molecule has 16 heavy (non-hydrogen) atoms. The van der Waals surface area contributed by atoms with E-state index in [1.54, 1.807) is 6.07 Å². The molecule has 1 aromatic rings. The molecule has 2 rings (SSSR count). The molecule has 3 heteroatoms. The number of amides is 1. The average Bonchev–Trinajstić information content (AvgIpc) is 2.77. The summed E-state index contributed by atoms with van der Waals surface area (Å²) in [5.74, 6) is -0.0135. The summed E-state index contributed by atoms with van der Waals surface area (Å²) in [4.78, 5) is 12.0. The van der Waals surface area contributed by atoms with Gasteiger partial charge in [-0.3, -0.25) is 4.79 Å². The van der Waals surface area contributed by atoms with Crippen molar-refractivity contribution in [2.45, 2.75) is 33.2 Å². The van der Waals surface area contributed by atoms with Crippen LogP contribution in [-0.2, 0) is 0 Å². The van der Waals surface area contributed by atoms with E-state index < -0.39 is 0 Å². The summed E-state index contributed by atoms with van der Waals surface area (Å²) in [6, 6.07) is 5.73. The highest BCUT2D eigenvalue weighted by atomic mass is 16.1. The summed E-state index contributed by atoms with van der Waals surface area (Å²) in [5.41, 5.74) is 8.22. The zero-order chi connectivity index (χ0) is 11.9. The van der Waals surface area contributed by atoms with Crippen molar-refractivity contribution < 1.29 is 4.79 Å². The van der Waals surface area contributed by atoms with Crippen molar-refractivity contribution in [1.82, 2.24) is 5.32 Å². The molecule has 1 aliphatic carbocycles. The van der Waals surface area contributed by atoms with Crippen molar-refractivity contribution in [3.05, 3.63) is 29.3 Å². The number of nitrogens with two attached hydrogens (primary N) is 1. The van der Waals surface area contributed by atoms with Gasteiger partial charge >= 0.3 is 0 Å². The first kappa shape index (κ1) is 11.0. The third-order valence-corrected chi connectivity index (χ3v) is 3.32. The lowest BCUT2D eigenvalue weighted by molar-refractivity contribution is 0.0946. The summed E-state index contributed by atoms with van der Waals surface area (Å²) >= 11 is 0. The minimum Gasteiger partial charge on any atom is -0.399 e. The maximum atomic E-state index is 12.0. The van der Waals surface area contributed by atoms with E-state index in [-0.39, 0.29) is 11.3 Å². The highest BCUT2D eigenvalue weighted by Gasteiger charge is 2.46. The van der Waals surface area contributed by atoms with Gasteiger partial charge in [-0.05, 0) is 36.5 Å². The average molecular weight is 218 g/mol. The van der Waals surface area contributed by atoms with Gasteiger partial charge in [0.2, 0.25) is 0 Å². The predicted octanol–water partition coefficient (Wildman–Crippen LogP) is 2.11. The third-order valence-electron chi connectivity index (χ3n) is 3.32. The molecule has 86 valence electrons. The van der Waals surface area contributed by atoms with Crippen LogP contribution in [0.4, 0.5) is 5.69 Å². The van der Waals surface area contributed by atoms with Crippen LogP contribution in [0.25, 0.3) is 0 Å². The second kappa shape index (κ2) is 3.51. The van der Waals surface area contributed by atoms with Crippen LogP contribution in [0.5, 0.6) is 0 Å². The molecule has 1 saturated carbocycles. The molecule has 0 radical (unpaired) electrons. The van der Waals surface area contributed by atoms with Gasteiger partial charge < -0.3 is 11.1 Å². The van der Waals surface area contributed by atoms with Crippen LogP contribution in [0.15, 0.2) is 18.2 Å². The van der Waals surface area contributed by atoms with Crippen molar-refractivity contribution in [2.75, 3.05) is 5.73 Å². The Balaban J connectivity index is 2.12. The van der Waals surface area contributed by atoms with Gasteiger partial charge in [0, 0.05) is 17.3 Å². The highest BCUT2D eigenvalue weighted by molar-refractivity contribution is 5.96. The standard InChI is InChI=1S/C13H18N2O/c1-8-4-5-9(14)6-10(8)12(16)15-11-7-13(11,2)3/h4-6,11H,7,14H2,1-3H3,(H,15,16). The van der Waals surface area contributed by atoms with Gasteiger partial charge in [0.25, 0.3) is 5.91 Å². The molecule has 3 nitrogen and oxygen atoms in total. The van der Waals surface area contributed by atoms with E-state index in [2.05, 4.69) is 19.2 Å². The Bertz CT molecular complexity index is 438. The number of rotatable bonds is 2. The maximum absolute atomic E-state index is 12.0. The normalized spacial score (nSPS) is 21.6. The van der Waals surface area contributed by atoms with Crippen LogP contribution in [0.1, 0.15) is 36.2 Å². The summed E-state index contributed by atoms with van der Waals surface area (Å²) in [5, 5.41) is 3.03.